The third-order valence-electron chi connectivity index (χ3n) is 6.95. The summed E-state index contributed by atoms with van der Waals surface area (Å²) in [5.74, 6) is -1.06. The van der Waals surface area contributed by atoms with Crippen LogP contribution in [-0.2, 0) is 36.3 Å². The topological polar surface area (TPSA) is 130 Å². The first-order valence-electron chi connectivity index (χ1n) is 14.7. The number of nitrogens with zero attached hydrogens (tertiary/aromatic N) is 3. The summed E-state index contributed by atoms with van der Waals surface area (Å²) >= 11 is 0. The van der Waals surface area contributed by atoms with Crippen LogP contribution in [0.25, 0.3) is 11.1 Å². The molecule has 4 rings (SSSR count). The number of aryl methyl sites for hydroxylation is 1. The van der Waals surface area contributed by atoms with E-state index in [9.17, 15) is 22.8 Å². The standard InChI is InChI=1S/C32H36F3N3O8/c1-22-27(15-23(19-36-22)16-29(39)24-3-2-4-26(17-24)32(33,34)35)25-18-28(38-5-7-42-8-6-38)31(37-20-25)46-14-13-44-10-9-43-11-12-45-21-30(40)41/h2-4,15,17-20H,5-14,16,21H2,1H3,(H,40,41). The van der Waals surface area contributed by atoms with Crippen molar-refractivity contribution in [1.29, 1.82) is 0 Å². The van der Waals surface area contributed by atoms with Crippen molar-refractivity contribution < 1.29 is 51.6 Å². The van der Waals surface area contributed by atoms with Crippen molar-refractivity contribution in [2.24, 2.45) is 0 Å². The molecule has 0 saturated carbocycles. The highest BCUT2D eigenvalue weighted by Gasteiger charge is 2.31. The zero-order chi connectivity index (χ0) is 32.9. The number of benzene rings is 1. The van der Waals surface area contributed by atoms with E-state index in [1.807, 2.05) is 19.1 Å². The Bertz CT molecular complexity index is 1460. The van der Waals surface area contributed by atoms with Gasteiger partial charge in [-0.05, 0) is 36.8 Å². The molecule has 1 saturated heterocycles. The lowest BCUT2D eigenvalue weighted by atomic mass is 9.98. The Labute approximate surface area is 264 Å². The molecule has 14 heteroatoms. The van der Waals surface area contributed by atoms with Gasteiger partial charge in [0.1, 0.15) is 18.9 Å². The molecule has 1 N–H and O–H groups in total. The minimum absolute atomic E-state index is 0.0196. The fourth-order valence-corrected chi connectivity index (χ4v) is 4.65. The van der Waals surface area contributed by atoms with Gasteiger partial charge in [0, 0.05) is 54.3 Å². The molecule has 1 aliphatic heterocycles. The SMILES string of the molecule is Cc1ncc(CC(=O)c2cccc(C(F)(F)F)c2)cc1-c1cnc(OCCOCCOCCOCC(=O)O)c(N2CCOCC2)c1. The van der Waals surface area contributed by atoms with Gasteiger partial charge in [-0.1, -0.05) is 12.1 Å². The maximum absolute atomic E-state index is 13.2. The molecule has 0 atom stereocenters. The Hall–Kier alpha value is -4.11. The van der Waals surface area contributed by atoms with E-state index in [0.717, 1.165) is 28.9 Å². The molecule has 3 heterocycles. The van der Waals surface area contributed by atoms with Gasteiger partial charge in [0.25, 0.3) is 0 Å². The summed E-state index contributed by atoms with van der Waals surface area (Å²) in [6.45, 7) is 5.42. The van der Waals surface area contributed by atoms with Gasteiger partial charge in [0.15, 0.2) is 5.78 Å². The number of anilines is 1. The summed E-state index contributed by atoms with van der Waals surface area (Å²) in [6.07, 6.45) is -1.45. The molecule has 248 valence electrons. The third kappa shape index (κ3) is 10.5. The summed E-state index contributed by atoms with van der Waals surface area (Å²) < 4.78 is 66.7. The van der Waals surface area contributed by atoms with E-state index in [1.54, 1.807) is 12.4 Å². The van der Waals surface area contributed by atoms with Crippen LogP contribution < -0.4 is 9.64 Å². The van der Waals surface area contributed by atoms with Gasteiger partial charge in [0.05, 0.1) is 51.8 Å². The Morgan fingerprint density at radius 1 is 0.935 bits per heavy atom. The van der Waals surface area contributed by atoms with Gasteiger partial charge < -0.3 is 33.7 Å². The smallest absolute Gasteiger partial charge is 0.416 e. The summed E-state index contributed by atoms with van der Waals surface area (Å²) in [5.41, 5.74) is 2.60. The summed E-state index contributed by atoms with van der Waals surface area (Å²) in [4.78, 5) is 34.5. The zero-order valence-corrected chi connectivity index (χ0v) is 25.4. The van der Waals surface area contributed by atoms with Crippen LogP contribution in [0.1, 0.15) is 27.2 Å². The van der Waals surface area contributed by atoms with Crippen LogP contribution in [-0.4, -0.2) is 99.4 Å². The van der Waals surface area contributed by atoms with E-state index >= 15 is 0 Å². The average Bonchev–Trinajstić information content (AvgIpc) is 3.04. The van der Waals surface area contributed by atoms with Gasteiger partial charge in [-0.25, -0.2) is 9.78 Å². The molecule has 0 aliphatic carbocycles. The minimum Gasteiger partial charge on any atom is -0.480 e. The molecule has 0 radical (unpaired) electrons. The fraction of sp³-hybridized carbons (Fsp3) is 0.438. The monoisotopic (exact) mass is 647 g/mol. The summed E-state index contributed by atoms with van der Waals surface area (Å²) in [5, 5.41) is 8.53. The van der Waals surface area contributed by atoms with Crippen LogP contribution in [0.5, 0.6) is 5.88 Å². The van der Waals surface area contributed by atoms with Crippen LogP contribution in [0.3, 0.4) is 0 Å². The van der Waals surface area contributed by atoms with E-state index in [-0.39, 0.29) is 45.0 Å². The number of hydrogen-bond acceptors (Lipinski definition) is 10. The van der Waals surface area contributed by atoms with Crippen molar-refractivity contribution in [3.63, 3.8) is 0 Å². The summed E-state index contributed by atoms with van der Waals surface area (Å²) in [6, 6.07) is 8.15. The fourth-order valence-electron chi connectivity index (χ4n) is 4.65. The number of alkyl halides is 3. The highest BCUT2D eigenvalue weighted by molar-refractivity contribution is 5.97. The van der Waals surface area contributed by atoms with Crippen molar-refractivity contribution in [3.05, 3.63) is 71.2 Å². The van der Waals surface area contributed by atoms with Crippen LogP contribution >= 0.6 is 0 Å². The Morgan fingerprint density at radius 2 is 1.63 bits per heavy atom. The number of carbonyl (C=O) groups is 2. The normalized spacial score (nSPS) is 13.5. The molecule has 1 aromatic carbocycles. The first kappa shape index (κ1) is 34.8. The average molecular weight is 648 g/mol. The first-order valence-corrected chi connectivity index (χ1v) is 14.7. The Morgan fingerprint density at radius 3 is 2.33 bits per heavy atom. The van der Waals surface area contributed by atoms with Crippen LogP contribution in [0.4, 0.5) is 18.9 Å². The predicted octanol–water partition coefficient (Wildman–Crippen LogP) is 4.25. The number of carboxylic acids is 1. The van der Waals surface area contributed by atoms with Crippen molar-refractivity contribution in [3.8, 4) is 17.0 Å². The lowest BCUT2D eigenvalue weighted by Gasteiger charge is -2.30. The number of aromatic nitrogens is 2. The molecule has 1 aliphatic rings. The molecule has 0 amide bonds. The van der Waals surface area contributed by atoms with E-state index < -0.39 is 23.5 Å². The minimum atomic E-state index is -4.54. The van der Waals surface area contributed by atoms with Gasteiger partial charge in [-0.3, -0.25) is 9.78 Å². The number of hydrogen-bond donors (Lipinski definition) is 1. The molecule has 0 spiro atoms. The first-order chi connectivity index (χ1) is 22.1. The van der Waals surface area contributed by atoms with Crippen LogP contribution in [0.2, 0.25) is 0 Å². The van der Waals surface area contributed by atoms with E-state index in [2.05, 4.69) is 14.9 Å². The van der Waals surface area contributed by atoms with Crippen molar-refractivity contribution in [1.82, 2.24) is 9.97 Å². The number of halogens is 3. The molecule has 0 bridgehead atoms. The molecule has 2 aromatic heterocycles. The summed E-state index contributed by atoms with van der Waals surface area (Å²) in [7, 11) is 0. The van der Waals surface area contributed by atoms with Gasteiger partial charge in [-0.15, -0.1) is 0 Å². The maximum atomic E-state index is 13.2. The van der Waals surface area contributed by atoms with Crippen molar-refractivity contribution in [2.45, 2.75) is 19.5 Å². The lowest BCUT2D eigenvalue weighted by molar-refractivity contribution is -0.142. The Balaban J connectivity index is 1.39. The molecule has 0 unspecified atom stereocenters. The number of aliphatic carboxylic acids is 1. The molecule has 46 heavy (non-hydrogen) atoms. The van der Waals surface area contributed by atoms with E-state index in [1.165, 1.54) is 12.1 Å². The number of Topliss-reactive ketones (excluding diaryl/α,β-unsaturated/α-hetero) is 1. The molecule has 1 fully saturated rings. The van der Waals surface area contributed by atoms with E-state index in [4.69, 9.17) is 28.8 Å². The second kappa shape index (κ2) is 17.0. The van der Waals surface area contributed by atoms with Crippen molar-refractivity contribution >= 4 is 17.4 Å². The number of carboxylic acid groups (broad SMARTS) is 1. The molecular weight excluding hydrogens is 611 g/mol. The molecule has 3 aromatic rings. The quantitative estimate of drug-likeness (QED) is 0.167. The second-order valence-corrected chi connectivity index (χ2v) is 10.3. The highest BCUT2D eigenvalue weighted by Crippen LogP contribution is 2.34. The number of rotatable bonds is 17. The van der Waals surface area contributed by atoms with Crippen LogP contribution in [0, 0.1) is 6.92 Å². The number of pyridine rings is 2. The molecule has 11 nitrogen and oxygen atoms in total. The largest absolute Gasteiger partial charge is 0.480 e. The van der Waals surface area contributed by atoms with Gasteiger partial charge >= 0.3 is 12.1 Å². The predicted molar refractivity (Wildman–Crippen MR) is 160 cm³/mol. The van der Waals surface area contributed by atoms with Crippen LogP contribution in [0.15, 0.2) is 48.8 Å². The van der Waals surface area contributed by atoms with Gasteiger partial charge in [0.2, 0.25) is 5.88 Å². The Kier molecular flexibility index (Phi) is 12.8. The number of ether oxygens (including phenoxy) is 5. The van der Waals surface area contributed by atoms with Crippen molar-refractivity contribution in [2.75, 3.05) is 77.5 Å². The number of carbonyl (C=O) groups excluding carboxylic acids is 1. The number of morpholine rings is 1. The zero-order valence-electron chi connectivity index (χ0n) is 25.4. The maximum Gasteiger partial charge on any atom is 0.416 e. The van der Waals surface area contributed by atoms with E-state index in [0.29, 0.717) is 56.7 Å². The number of ketones is 1. The lowest BCUT2D eigenvalue weighted by Crippen LogP contribution is -2.36. The highest BCUT2D eigenvalue weighted by atomic mass is 19.4. The third-order valence-corrected chi connectivity index (χ3v) is 6.95. The second-order valence-electron chi connectivity index (χ2n) is 10.3. The van der Waals surface area contributed by atoms with Gasteiger partial charge in [-0.2, -0.15) is 13.2 Å². The molecular formula is C32H36F3N3O8.